The van der Waals surface area contributed by atoms with E-state index >= 15 is 0 Å². The molecule has 1 aliphatic heterocycles. The number of hydrogen-bond acceptors (Lipinski definition) is 4. The number of aromatic nitrogens is 1. The average Bonchev–Trinajstić information content (AvgIpc) is 2.65. The van der Waals surface area contributed by atoms with Crippen molar-refractivity contribution < 1.29 is 18.0 Å². The smallest absolute Gasteiger partial charge is 0.265 e. The summed E-state index contributed by atoms with van der Waals surface area (Å²) in [6, 6.07) is 5.92. The highest BCUT2D eigenvalue weighted by Gasteiger charge is 2.31. The number of nitrogens with zero attached hydrogens (tertiary/aromatic N) is 2. The second-order valence-electron chi connectivity index (χ2n) is 6.35. The number of carbonyl (C=O) groups is 1. The molecule has 28 heavy (non-hydrogen) atoms. The van der Waals surface area contributed by atoms with E-state index in [1.54, 1.807) is 6.92 Å². The molecule has 3 N–H and O–H groups in total. The van der Waals surface area contributed by atoms with E-state index in [0.29, 0.717) is 23.6 Å². The van der Waals surface area contributed by atoms with Gasteiger partial charge in [-0.2, -0.15) is 0 Å². The summed E-state index contributed by atoms with van der Waals surface area (Å²) in [6.07, 6.45) is -1.08. The van der Waals surface area contributed by atoms with Gasteiger partial charge in [-0.15, -0.1) is 0 Å². The Labute approximate surface area is 165 Å². The van der Waals surface area contributed by atoms with Gasteiger partial charge in [0.1, 0.15) is 11.6 Å². The summed E-state index contributed by atoms with van der Waals surface area (Å²) >= 11 is 6.03. The Morgan fingerprint density at radius 2 is 2.14 bits per heavy atom. The van der Waals surface area contributed by atoms with Crippen molar-refractivity contribution in [1.29, 1.82) is 0 Å². The summed E-state index contributed by atoms with van der Waals surface area (Å²) in [7, 11) is 0. The van der Waals surface area contributed by atoms with Crippen molar-refractivity contribution in [3.8, 4) is 0 Å². The number of amides is 1. The number of benzene rings is 1. The molecular weight excluding hydrogens is 393 g/mol. The highest BCUT2D eigenvalue weighted by molar-refractivity contribution is 6.34. The summed E-state index contributed by atoms with van der Waals surface area (Å²) in [5.41, 5.74) is 6.80. The Kier molecular flexibility index (Phi) is 5.79. The number of pyridine rings is 1. The summed E-state index contributed by atoms with van der Waals surface area (Å²) in [6.45, 7) is 2.01. The highest BCUT2D eigenvalue weighted by atomic mass is 35.5. The zero-order chi connectivity index (χ0) is 20.4. The van der Waals surface area contributed by atoms with Gasteiger partial charge in [0.2, 0.25) is 0 Å². The van der Waals surface area contributed by atoms with Gasteiger partial charge in [0.15, 0.2) is 0 Å². The Hall–Kier alpha value is -2.74. The lowest BCUT2D eigenvalue weighted by atomic mass is 10.0. The number of halogens is 4. The number of rotatable bonds is 4. The maximum absolute atomic E-state index is 13.3. The van der Waals surface area contributed by atoms with Gasteiger partial charge < -0.3 is 16.0 Å². The Bertz CT molecular complexity index is 935. The van der Waals surface area contributed by atoms with Gasteiger partial charge in [0, 0.05) is 36.5 Å². The van der Waals surface area contributed by atoms with Crippen LogP contribution in [-0.2, 0) is 0 Å². The van der Waals surface area contributed by atoms with Crippen LogP contribution in [-0.4, -0.2) is 28.4 Å². The monoisotopic (exact) mass is 410 g/mol. The van der Waals surface area contributed by atoms with Gasteiger partial charge in [0.05, 0.1) is 22.3 Å². The third-order valence-corrected chi connectivity index (χ3v) is 5.05. The van der Waals surface area contributed by atoms with Gasteiger partial charge >= 0.3 is 0 Å². The first-order valence-electron chi connectivity index (χ1n) is 8.54. The normalized spacial score (nSPS) is 17.2. The molecule has 1 aliphatic rings. The third kappa shape index (κ3) is 3.91. The molecule has 2 heterocycles. The maximum Gasteiger partial charge on any atom is 0.265 e. The van der Waals surface area contributed by atoms with E-state index in [4.69, 9.17) is 17.3 Å². The lowest BCUT2D eigenvalue weighted by Gasteiger charge is -2.36. The van der Waals surface area contributed by atoms with Crippen molar-refractivity contribution in [2.24, 2.45) is 5.73 Å². The van der Waals surface area contributed by atoms with E-state index in [9.17, 15) is 18.0 Å². The lowest BCUT2D eigenvalue weighted by Crippen LogP contribution is -2.46. The number of nitrogens with one attached hydrogen (secondary N) is 1. The zero-order valence-corrected chi connectivity index (χ0v) is 15.7. The third-order valence-electron chi connectivity index (χ3n) is 4.62. The fourth-order valence-electron chi connectivity index (χ4n) is 3.07. The van der Waals surface area contributed by atoms with Gasteiger partial charge in [-0.05, 0) is 19.1 Å². The van der Waals surface area contributed by atoms with Gasteiger partial charge in [-0.1, -0.05) is 23.7 Å². The van der Waals surface area contributed by atoms with Crippen molar-refractivity contribution in [2.45, 2.75) is 25.8 Å². The van der Waals surface area contributed by atoms with Crippen LogP contribution in [0.15, 0.2) is 47.9 Å². The molecule has 0 spiro atoms. The first kappa shape index (κ1) is 20.0. The van der Waals surface area contributed by atoms with Crippen LogP contribution in [0.4, 0.5) is 19.0 Å². The van der Waals surface area contributed by atoms with Crippen LogP contribution >= 0.6 is 11.6 Å². The zero-order valence-electron chi connectivity index (χ0n) is 14.9. The molecular formula is C19H18ClF3N4O. The second kappa shape index (κ2) is 8.10. The van der Waals surface area contributed by atoms with E-state index in [2.05, 4.69) is 10.3 Å². The van der Waals surface area contributed by atoms with Gasteiger partial charge in [-0.3, -0.25) is 4.79 Å². The van der Waals surface area contributed by atoms with E-state index < -0.39 is 24.2 Å². The second-order valence-corrected chi connectivity index (χ2v) is 6.73. The molecule has 2 aromatic rings. The Morgan fingerprint density at radius 3 is 2.82 bits per heavy atom. The number of alkyl halides is 2. The molecule has 148 valence electrons. The molecule has 1 aromatic carbocycles. The molecule has 1 atom stereocenters. The number of hydrogen-bond donors (Lipinski definition) is 2. The predicted molar refractivity (Wildman–Crippen MR) is 101 cm³/mol. The van der Waals surface area contributed by atoms with Crippen molar-refractivity contribution >= 4 is 23.3 Å². The summed E-state index contributed by atoms with van der Waals surface area (Å²) in [4.78, 5) is 18.4. The minimum Gasteiger partial charge on any atom is -0.399 e. The molecule has 3 rings (SSSR count). The van der Waals surface area contributed by atoms with Gasteiger partial charge in [-0.25, -0.2) is 18.2 Å². The van der Waals surface area contributed by atoms with Crippen LogP contribution < -0.4 is 11.1 Å². The molecule has 0 aliphatic carbocycles. The molecule has 0 bridgehead atoms. The maximum atomic E-state index is 13.3. The van der Waals surface area contributed by atoms with E-state index in [0.717, 1.165) is 0 Å². The highest BCUT2D eigenvalue weighted by Crippen LogP contribution is 2.32. The minimum absolute atomic E-state index is 0.00215. The molecule has 1 amide bonds. The standard InChI is InChI=1S/C19H18ClF3N4O/c1-10-17(24)14(26-15-9-11(21)5-7-25-15)6-8-27(10)19(28)13-4-2-3-12(16(13)20)18(22)23/h2-5,7,9-10,18H,6,8,24H2,1H3,(H,25,26). The fourth-order valence-corrected chi connectivity index (χ4v) is 3.36. The van der Waals surface area contributed by atoms with E-state index in [1.165, 1.54) is 41.4 Å². The number of anilines is 1. The van der Waals surface area contributed by atoms with Gasteiger partial charge in [0.25, 0.3) is 12.3 Å². The predicted octanol–water partition coefficient (Wildman–Crippen LogP) is 4.33. The average molecular weight is 411 g/mol. The van der Waals surface area contributed by atoms with Crippen molar-refractivity contribution in [2.75, 3.05) is 11.9 Å². The summed E-state index contributed by atoms with van der Waals surface area (Å²) < 4.78 is 39.5. The van der Waals surface area contributed by atoms with Crippen molar-refractivity contribution in [1.82, 2.24) is 9.88 Å². The number of nitrogens with two attached hydrogens (primary N) is 1. The Balaban J connectivity index is 1.84. The van der Waals surface area contributed by atoms with Crippen LogP contribution in [0, 0.1) is 5.82 Å². The van der Waals surface area contributed by atoms with E-state index in [1.807, 2.05) is 0 Å². The molecule has 5 nitrogen and oxygen atoms in total. The molecule has 0 saturated heterocycles. The van der Waals surface area contributed by atoms with Crippen molar-refractivity contribution in [3.05, 3.63) is 69.9 Å². The minimum atomic E-state index is -2.78. The SMILES string of the molecule is CC1C(N)=C(Nc2cc(F)ccn2)CCN1C(=O)c1cccc(C(F)F)c1Cl. The number of carbonyl (C=O) groups excluding carboxylic acids is 1. The largest absolute Gasteiger partial charge is 0.399 e. The topological polar surface area (TPSA) is 71.2 Å². The summed E-state index contributed by atoms with van der Waals surface area (Å²) in [5.74, 6) is -0.616. The first-order chi connectivity index (χ1) is 13.3. The lowest BCUT2D eigenvalue weighted by molar-refractivity contribution is 0.0705. The van der Waals surface area contributed by atoms with Crippen LogP contribution in [0.5, 0.6) is 0 Å². The van der Waals surface area contributed by atoms with Crippen LogP contribution in [0.1, 0.15) is 35.7 Å². The molecule has 0 radical (unpaired) electrons. The van der Waals surface area contributed by atoms with Crippen molar-refractivity contribution in [3.63, 3.8) is 0 Å². The summed E-state index contributed by atoms with van der Waals surface area (Å²) in [5, 5.41) is 2.72. The molecule has 9 heteroatoms. The molecule has 0 fully saturated rings. The quantitative estimate of drug-likeness (QED) is 0.787. The van der Waals surface area contributed by atoms with E-state index in [-0.39, 0.29) is 22.7 Å². The van der Waals surface area contributed by atoms with Crippen LogP contribution in [0.3, 0.4) is 0 Å². The molecule has 0 saturated carbocycles. The van der Waals surface area contributed by atoms with Crippen LogP contribution in [0.25, 0.3) is 0 Å². The molecule has 1 aromatic heterocycles. The van der Waals surface area contributed by atoms with Crippen LogP contribution in [0.2, 0.25) is 5.02 Å². The molecule has 1 unspecified atom stereocenters. The Morgan fingerprint density at radius 1 is 1.39 bits per heavy atom. The first-order valence-corrected chi connectivity index (χ1v) is 8.92. The fraction of sp³-hybridized carbons (Fsp3) is 0.263.